The van der Waals surface area contributed by atoms with Crippen LogP contribution in [0.1, 0.15) is 12.8 Å². The number of aliphatic hydroxyl groups excluding tert-OH is 1. The summed E-state index contributed by atoms with van der Waals surface area (Å²) < 4.78 is 4.48. The highest BCUT2D eigenvalue weighted by Gasteiger charge is 1.80. The van der Waals surface area contributed by atoms with Crippen molar-refractivity contribution in [3.05, 3.63) is 7.11 Å². The highest BCUT2D eigenvalue weighted by Crippen LogP contribution is 1.85. The smallest absolute Gasteiger partial charge is 0.0700 e. The molecule has 43 valence electrons. The fraction of sp³-hybridized carbons (Fsp3) is 0.800. The van der Waals surface area contributed by atoms with Gasteiger partial charge < -0.3 is 9.84 Å². The molecule has 0 bridgehead atoms. The zero-order valence-corrected chi connectivity index (χ0v) is 4.39. The summed E-state index contributed by atoms with van der Waals surface area (Å²) in [6.45, 7) is 0.907. The summed E-state index contributed by atoms with van der Waals surface area (Å²) in [4.78, 5) is 0. The molecule has 1 radical (unpaired) electrons. The lowest BCUT2D eigenvalue weighted by Gasteiger charge is -1.92. The first kappa shape index (κ1) is 6.92. The molecule has 2 nitrogen and oxygen atoms in total. The normalized spacial score (nSPS) is 9.43. The minimum Gasteiger partial charge on any atom is -0.396 e. The van der Waals surface area contributed by atoms with Crippen LogP contribution < -0.4 is 0 Å². The van der Waals surface area contributed by atoms with Crippen LogP contribution in [-0.2, 0) is 4.74 Å². The van der Waals surface area contributed by atoms with Gasteiger partial charge in [0.2, 0.25) is 0 Å². The van der Waals surface area contributed by atoms with E-state index in [4.69, 9.17) is 5.11 Å². The summed E-state index contributed by atoms with van der Waals surface area (Å²) in [5, 5.41) is 8.22. The number of ether oxygens (including phenoxy) is 1. The summed E-state index contributed by atoms with van der Waals surface area (Å²) in [7, 11) is 3.18. The van der Waals surface area contributed by atoms with Crippen molar-refractivity contribution in [1.29, 1.82) is 0 Å². The largest absolute Gasteiger partial charge is 0.396 e. The molecule has 2 heteroatoms. The second kappa shape index (κ2) is 5.92. The van der Waals surface area contributed by atoms with Crippen LogP contribution in [0.3, 0.4) is 0 Å². The van der Waals surface area contributed by atoms with E-state index >= 15 is 0 Å². The molecule has 0 unspecified atom stereocenters. The lowest BCUT2D eigenvalue weighted by atomic mass is 10.3. The molecule has 0 rings (SSSR count). The summed E-state index contributed by atoms with van der Waals surface area (Å²) in [5.74, 6) is 0. The predicted molar refractivity (Wildman–Crippen MR) is 27.6 cm³/mol. The third kappa shape index (κ3) is 5.92. The highest BCUT2D eigenvalue weighted by atomic mass is 16.5. The van der Waals surface area contributed by atoms with Crippen molar-refractivity contribution in [2.45, 2.75) is 12.8 Å². The molecular weight excluding hydrogens is 92.1 g/mol. The second-order valence-corrected chi connectivity index (χ2v) is 1.34. The Morgan fingerprint density at radius 1 is 1.43 bits per heavy atom. The maximum atomic E-state index is 8.22. The van der Waals surface area contributed by atoms with Crippen LogP contribution in [0.2, 0.25) is 0 Å². The molecule has 0 fully saturated rings. The Labute approximate surface area is 44.1 Å². The highest BCUT2D eigenvalue weighted by molar-refractivity contribution is 4.33. The van der Waals surface area contributed by atoms with Crippen molar-refractivity contribution < 1.29 is 9.84 Å². The van der Waals surface area contributed by atoms with Crippen molar-refractivity contribution in [2.75, 3.05) is 13.2 Å². The lowest BCUT2D eigenvalue weighted by molar-refractivity contribution is 0.214. The Morgan fingerprint density at radius 2 is 2.14 bits per heavy atom. The SMILES string of the molecule is [CH2]OCCCCO. The van der Waals surface area contributed by atoms with Crippen LogP contribution in [0.15, 0.2) is 0 Å². The summed E-state index contributed by atoms with van der Waals surface area (Å²) in [6, 6.07) is 0. The molecule has 0 aliphatic heterocycles. The number of unbranched alkanes of at least 4 members (excludes halogenated alkanes) is 1. The first-order chi connectivity index (χ1) is 3.41. The molecule has 1 N–H and O–H groups in total. The molecule has 0 aromatic rings. The fourth-order valence-corrected chi connectivity index (χ4v) is 0.316. The van der Waals surface area contributed by atoms with Crippen molar-refractivity contribution >= 4 is 0 Å². The van der Waals surface area contributed by atoms with Crippen LogP contribution in [0.25, 0.3) is 0 Å². The van der Waals surface area contributed by atoms with Crippen molar-refractivity contribution in [2.24, 2.45) is 0 Å². The molecule has 0 saturated heterocycles. The van der Waals surface area contributed by atoms with Crippen LogP contribution >= 0.6 is 0 Å². The quantitative estimate of drug-likeness (QED) is 0.527. The fourth-order valence-electron chi connectivity index (χ4n) is 0.316. The van der Waals surface area contributed by atoms with E-state index in [1.165, 1.54) is 0 Å². The predicted octanol–water partition coefficient (Wildman–Crippen LogP) is 0.567. The Hall–Kier alpha value is -0.0800. The molecule has 0 aromatic carbocycles. The van der Waals surface area contributed by atoms with Crippen LogP contribution in [0, 0.1) is 7.11 Å². The second-order valence-electron chi connectivity index (χ2n) is 1.34. The average Bonchev–Trinajstić information content (AvgIpc) is 1.69. The van der Waals surface area contributed by atoms with Crippen molar-refractivity contribution in [3.8, 4) is 0 Å². The van der Waals surface area contributed by atoms with Gasteiger partial charge in [0.05, 0.1) is 7.11 Å². The zero-order valence-electron chi connectivity index (χ0n) is 4.39. The molecule has 0 spiro atoms. The van der Waals surface area contributed by atoms with Gasteiger partial charge in [-0.2, -0.15) is 0 Å². The van der Waals surface area contributed by atoms with E-state index in [9.17, 15) is 0 Å². The maximum absolute atomic E-state index is 8.22. The number of hydrogen-bond acceptors (Lipinski definition) is 2. The van der Waals surface area contributed by atoms with Crippen molar-refractivity contribution in [1.82, 2.24) is 0 Å². The van der Waals surface area contributed by atoms with E-state index in [1.807, 2.05) is 0 Å². The maximum Gasteiger partial charge on any atom is 0.0700 e. The Balaban J connectivity index is 2.45. The van der Waals surface area contributed by atoms with E-state index in [-0.39, 0.29) is 6.61 Å². The first-order valence-corrected chi connectivity index (χ1v) is 2.39. The molecule has 0 aliphatic rings. The van der Waals surface area contributed by atoms with E-state index in [2.05, 4.69) is 11.8 Å². The van der Waals surface area contributed by atoms with E-state index in [0.29, 0.717) is 6.61 Å². The average molecular weight is 103 g/mol. The molecule has 0 aromatic heterocycles. The third-order valence-electron chi connectivity index (χ3n) is 0.697. The van der Waals surface area contributed by atoms with Gasteiger partial charge >= 0.3 is 0 Å². The Bertz CT molecular complexity index is 25.3. The first-order valence-electron chi connectivity index (χ1n) is 2.39. The third-order valence-corrected chi connectivity index (χ3v) is 0.697. The molecule has 7 heavy (non-hydrogen) atoms. The summed E-state index contributed by atoms with van der Waals surface area (Å²) in [6.07, 6.45) is 1.72. The van der Waals surface area contributed by atoms with Crippen molar-refractivity contribution in [3.63, 3.8) is 0 Å². The van der Waals surface area contributed by atoms with Gasteiger partial charge in [0.25, 0.3) is 0 Å². The van der Waals surface area contributed by atoms with Gasteiger partial charge in [0, 0.05) is 13.2 Å². The minimum atomic E-state index is 0.253. The van der Waals surface area contributed by atoms with Gasteiger partial charge in [0.15, 0.2) is 0 Å². The molecular formula is C5H11O2. The van der Waals surface area contributed by atoms with E-state index in [0.717, 1.165) is 12.8 Å². The van der Waals surface area contributed by atoms with Crippen LogP contribution in [0.4, 0.5) is 0 Å². The molecule has 0 atom stereocenters. The standard InChI is InChI=1S/C5H11O2/c1-7-5-3-2-4-6/h6H,1-5H2. The van der Waals surface area contributed by atoms with Crippen LogP contribution in [-0.4, -0.2) is 18.3 Å². The molecule has 0 aliphatic carbocycles. The summed E-state index contributed by atoms with van der Waals surface area (Å²) >= 11 is 0. The zero-order chi connectivity index (χ0) is 5.54. The van der Waals surface area contributed by atoms with Gasteiger partial charge in [-0.05, 0) is 12.8 Å². The van der Waals surface area contributed by atoms with Gasteiger partial charge in [-0.3, -0.25) is 0 Å². The van der Waals surface area contributed by atoms with Crippen LogP contribution in [0.5, 0.6) is 0 Å². The van der Waals surface area contributed by atoms with Gasteiger partial charge in [-0.25, -0.2) is 0 Å². The Kier molecular flexibility index (Phi) is 5.85. The van der Waals surface area contributed by atoms with Gasteiger partial charge in [0.1, 0.15) is 0 Å². The monoisotopic (exact) mass is 103 g/mol. The van der Waals surface area contributed by atoms with E-state index < -0.39 is 0 Å². The lowest BCUT2D eigenvalue weighted by Crippen LogP contribution is -1.88. The molecule has 0 heterocycles. The summed E-state index contributed by atoms with van der Waals surface area (Å²) in [5.41, 5.74) is 0. The number of aliphatic hydroxyl groups is 1. The Morgan fingerprint density at radius 3 is 2.57 bits per heavy atom. The van der Waals surface area contributed by atoms with Gasteiger partial charge in [-0.15, -0.1) is 0 Å². The van der Waals surface area contributed by atoms with Gasteiger partial charge in [-0.1, -0.05) is 0 Å². The molecule has 0 saturated carbocycles. The van der Waals surface area contributed by atoms with E-state index in [1.54, 1.807) is 0 Å². The topological polar surface area (TPSA) is 29.5 Å². The minimum absolute atomic E-state index is 0.253. The molecule has 0 amide bonds. The number of hydrogen-bond donors (Lipinski definition) is 1. The number of rotatable bonds is 4.